The van der Waals surface area contributed by atoms with Crippen LogP contribution in [0.25, 0.3) is 0 Å². The Balaban J connectivity index is 2.12. The third kappa shape index (κ3) is 3.72. The monoisotopic (exact) mass is 275 g/mol. The Labute approximate surface area is 123 Å². The number of rotatable bonds is 4. The van der Waals surface area contributed by atoms with Gasteiger partial charge in [0, 0.05) is 24.8 Å². The fourth-order valence-corrected chi connectivity index (χ4v) is 2.72. The highest BCUT2D eigenvalue weighted by atomic mass is 15.2. The van der Waals surface area contributed by atoms with Crippen LogP contribution in [-0.2, 0) is 5.41 Å². The maximum Gasteiger partial charge on any atom is 0.128 e. The Kier molecular flexibility index (Phi) is 4.69. The molecule has 0 aliphatic carbocycles. The SMILES string of the molecule is CC(C)N(CC1CCCN1)c1ccc(C(C)(C)C)cn1. The van der Waals surface area contributed by atoms with Crippen LogP contribution >= 0.6 is 0 Å². The molecule has 1 unspecified atom stereocenters. The van der Waals surface area contributed by atoms with Crippen molar-refractivity contribution in [2.75, 3.05) is 18.0 Å². The lowest BCUT2D eigenvalue weighted by Gasteiger charge is -2.31. The standard InChI is InChI=1S/C17H29N3/c1-13(2)20(12-15-7-6-10-18-15)16-9-8-14(11-19-16)17(3,4)5/h8-9,11,13,15,18H,6-7,10,12H2,1-5H3. The summed E-state index contributed by atoms with van der Waals surface area (Å²) in [4.78, 5) is 7.12. The second-order valence-electron chi connectivity index (χ2n) is 7.19. The summed E-state index contributed by atoms with van der Waals surface area (Å²) in [6.45, 7) is 13.4. The second-order valence-corrected chi connectivity index (χ2v) is 7.19. The molecule has 20 heavy (non-hydrogen) atoms. The number of nitrogens with zero attached hydrogens (tertiary/aromatic N) is 2. The van der Waals surface area contributed by atoms with E-state index >= 15 is 0 Å². The van der Waals surface area contributed by atoms with Crippen molar-refractivity contribution in [2.45, 2.75) is 65.0 Å². The summed E-state index contributed by atoms with van der Waals surface area (Å²) in [6.07, 6.45) is 4.61. The molecule has 3 heteroatoms. The lowest BCUT2D eigenvalue weighted by atomic mass is 9.88. The summed E-state index contributed by atoms with van der Waals surface area (Å²) < 4.78 is 0. The van der Waals surface area contributed by atoms with Crippen molar-refractivity contribution in [3.8, 4) is 0 Å². The molecule has 1 saturated heterocycles. The van der Waals surface area contributed by atoms with E-state index in [1.165, 1.54) is 18.4 Å². The Bertz CT molecular complexity index is 411. The van der Waals surface area contributed by atoms with Gasteiger partial charge in [-0.25, -0.2) is 4.98 Å². The molecular formula is C17H29N3. The zero-order valence-electron chi connectivity index (χ0n) is 13.6. The molecule has 0 spiro atoms. The van der Waals surface area contributed by atoms with E-state index in [1.54, 1.807) is 0 Å². The molecule has 1 aromatic heterocycles. The predicted molar refractivity (Wildman–Crippen MR) is 86.4 cm³/mol. The van der Waals surface area contributed by atoms with Gasteiger partial charge in [-0.15, -0.1) is 0 Å². The van der Waals surface area contributed by atoms with E-state index in [4.69, 9.17) is 4.98 Å². The van der Waals surface area contributed by atoms with E-state index in [-0.39, 0.29) is 5.41 Å². The number of hydrogen-bond acceptors (Lipinski definition) is 3. The lowest BCUT2D eigenvalue weighted by molar-refractivity contribution is 0.547. The van der Waals surface area contributed by atoms with Gasteiger partial charge in [0.25, 0.3) is 0 Å². The largest absolute Gasteiger partial charge is 0.353 e. The minimum Gasteiger partial charge on any atom is -0.353 e. The highest BCUT2D eigenvalue weighted by Crippen LogP contribution is 2.24. The van der Waals surface area contributed by atoms with Crippen LogP contribution in [0.5, 0.6) is 0 Å². The van der Waals surface area contributed by atoms with E-state index in [0.29, 0.717) is 12.1 Å². The molecule has 0 saturated carbocycles. The normalized spacial score (nSPS) is 19.6. The van der Waals surface area contributed by atoms with Crippen molar-refractivity contribution in [3.05, 3.63) is 23.9 Å². The lowest BCUT2D eigenvalue weighted by Crippen LogP contribution is -2.41. The zero-order chi connectivity index (χ0) is 14.8. The van der Waals surface area contributed by atoms with Crippen molar-refractivity contribution in [1.29, 1.82) is 0 Å². The van der Waals surface area contributed by atoms with Crippen molar-refractivity contribution >= 4 is 5.82 Å². The quantitative estimate of drug-likeness (QED) is 0.913. The van der Waals surface area contributed by atoms with Crippen LogP contribution in [0.4, 0.5) is 5.82 Å². The van der Waals surface area contributed by atoms with Crippen molar-refractivity contribution in [1.82, 2.24) is 10.3 Å². The first-order valence-corrected chi connectivity index (χ1v) is 7.84. The fraction of sp³-hybridized carbons (Fsp3) is 0.706. The van der Waals surface area contributed by atoms with Crippen LogP contribution in [-0.4, -0.2) is 30.2 Å². The minimum absolute atomic E-state index is 0.168. The first-order chi connectivity index (χ1) is 9.38. The number of pyridine rings is 1. The number of hydrogen-bond donors (Lipinski definition) is 1. The maximum atomic E-state index is 4.71. The van der Waals surface area contributed by atoms with Gasteiger partial charge in [0.2, 0.25) is 0 Å². The van der Waals surface area contributed by atoms with Crippen LogP contribution in [0, 0.1) is 0 Å². The summed E-state index contributed by atoms with van der Waals surface area (Å²) in [5.41, 5.74) is 1.46. The minimum atomic E-state index is 0.168. The van der Waals surface area contributed by atoms with Crippen molar-refractivity contribution in [2.24, 2.45) is 0 Å². The zero-order valence-corrected chi connectivity index (χ0v) is 13.6. The molecule has 2 heterocycles. The van der Waals surface area contributed by atoms with E-state index < -0.39 is 0 Å². The smallest absolute Gasteiger partial charge is 0.128 e. The molecule has 112 valence electrons. The maximum absolute atomic E-state index is 4.71. The van der Waals surface area contributed by atoms with Crippen LogP contribution < -0.4 is 10.2 Å². The molecule has 0 bridgehead atoms. The van der Waals surface area contributed by atoms with Gasteiger partial charge in [-0.2, -0.15) is 0 Å². The summed E-state index contributed by atoms with van der Waals surface area (Å²) in [7, 11) is 0. The number of nitrogens with one attached hydrogen (secondary N) is 1. The summed E-state index contributed by atoms with van der Waals surface area (Å²) in [6, 6.07) is 5.49. The van der Waals surface area contributed by atoms with Crippen LogP contribution in [0.15, 0.2) is 18.3 Å². The highest BCUT2D eigenvalue weighted by Gasteiger charge is 2.21. The van der Waals surface area contributed by atoms with E-state index in [1.807, 2.05) is 6.20 Å². The van der Waals surface area contributed by atoms with Gasteiger partial charge in [0.1, 0.15) is 5.82 Å². The Hall–Kier alpha value is -1.09. The first kappa shape index (κ1) is 15.3. The Morgan fingerprint density at radius 2 is 2.10 bits per heavy atom. The Morgan fingerprint density at radius 1 is 1.35 bits per heavy atom. The summed E-state index contributed by atoms with van der Waals surface area (Å²) in [5, 5.41) is 3.58. The molecule has 3 nitrogen and oxygen atoms in total. The van der Waals surface area contributed by atoms with E-state index in [0.717, 1.165) is 18.9 Å². The molecule has 2 rings (SSSR count). The fourth-order valence-electron chi connectivity index (χ4n) is 2.72. The number of anilines is 1. The average molecular weight is 275 g/mol. The molecule has 0 aromatic carbocycles. The second kappa shape index (κ2) is 6.13. The topological polar surface area (TPSA) is 28.2 Å². The predicted octanol–water partition coefficient (Wildman–Crippen LogP) is 3.35. The van der Waals surface area contributed by atoms with E-state index in [2.05, 4.69) is 57.0 Å². The molecule has 1 aliphatic heterocycles. The van der Waals surface area contributed by atoms with Gasteiger partial charge < -0.3 is 10.2 Å². The average Bonchev–Trinajstić information content (AvgIpc) is 2.87. The molecule has 0 amide bonds. The van der Waals surface area contributed by atoms with Gasteiger partial charge in [-0.1, -0.05) is 26.8 Å². The molecule has 1 aliphatic rings. The molecule has 1 fully saturated rings. The molecule has 1 aromatic rings. The molecule has 1 N–H and O–H groups in total. The van der Waals surface area contributed by atoms with Crippen LogP contribution in [0.2, 0.25) is 0 Å². The molecule has 0 radical (unpaired) electrons. The molecular weight excluding hydrogens is 246 g/mol. The van der Waals surface area contributed by atoms with Crippen molar-refractivity contribution < 1.29 is 0 Å². The van der Waals surface area contributed by atoms with Crippen LogP contribution in [0.1, 0.15) is 53.0 Å². The van der Waals surface area contributed by atoms with Gasteiger partial charge in [-0.3, -0.25) is 0 Å². The van der Waals surface area contributed by atoms with Crippen LogP contribution in [0.3, 0.4) is 0 Å². The number of aromatic nitrogens is 1. The third-order valence-corrected chi connectivity index (χ3v) is 4.11. The van der Waals surface area contributed by atoms with Gasteiger partial charge in [0.05, 0.1) is 0 Å². The molecule has 1 atom stereocenters. The summed E-state index contributed by atoms with van der Waals surface area (Å²) >= 11 is 0. The third-order valence-electron chi connectivity index (χ3n) is 4.11. The first-order valence-electron chi connectivity index (χ1n) is 7.84. The van der Waals surface area contributed by atoms with Gasteiger partial charge in [-0.05, 0) is 50.3 Å². The summed E-state index contributed by atoms with van der Waals surface area (Å²) in [5.74, 6) is 1.10. The van der Waals surface area contributed by atoms with E-state index in [9.17, 15) is 0 Å². The van der Waals surface area contributed by atoms with Gasteiger partial charge >= 0.3 is 0 Å². The van der Waals surface area contributed by atoms with Crippen molar-refractivity contribution in [3.63, 3.8) is 0 Å². The highest BCUT2D eigenvalue weighted by molar-refractivity contribution is 5.41. The Morgan fingerprint density at radius 3 is 2.55 bits per heavy atom. The van der Waals surface area contributed by atoms with Gasteiger partial charge in [0.15, 0.2) is 0 Å².